The van der Waals surface area contributed by atoms with Gasteiger partial charge < -0.3 is 25.4 Å². The lowest BCUT2D eigenvalue weighted by Gasteiger charge is -2.26. The first-order valence-electron chi connectivity index (χ1n) is 15.1. The second-order valence-electron chi connectivity index (χ2n) is 10.9. The number of ether oxygens (including phenoxy) is 2. The van der Waals surface area contributed by atoms with Crippen LogP contribution in [0.4, 0.5) is 10.1 Å². The van der Waals surface area contributed by atoms with E-state index in [1.54, 1.807) is 29.7 Å². The number of nitrogens with one attached hydrogen (secondary N) is 3. The maximum Gasteiger partial charge on any atom is 0.230 e. The standard InChI is InChI=1S/C35H34FN5O3S2/c36-28-21-27(39-35(45)40-33(42)20-24-5-2-1-3-6-24)9-10-30(28)44-31-11-12-38-29-22-32(46-34(29)31)26-8-4-7-25(19-26)23-37-13-14-41-15-17-43-18-16-41/h1-12,19,21-22,37H,13-18,20,23H2,(H2,39,40,42,45). The summed E-state index contributed by atoms with van der Waals surface area (Å²) in [5, 5.41) is 9.13. The van der Waals surface area contributed by atoms with Crippen molar-refractivity contribution in [2.24, 2.45) is 0 Å². The predicted molar refractivity (Wildman–Crippen MR) is 185 cm³/mol. The highest BCUT2D eigenvalue weighted by Crippen LogP contribution is 2.40. The summed E-state index contributed by atoms with van der Waals surface area (Å²) in [5.41, 5.74) is 4.34. The van der Waals surface area contributed by atoms with E-state index in [-0.39, 0.29) is 23.2 Å². The lowest BCUT2D eigenvalue weighted by Crippen LogP contribution is -2.40. The summed E-state index contributed by atoms with van der Waals surface area (Å²) in [7, 11) is 0. The fourth-order valence-electron chi connectivity index (χ4n) is 5.16. The average molecular weight is 656 g/mol. The Morgan fingerprint density at radius 3 is 2.63 bits per heavy atom. The van der Waals surface area contributed by atoms with E-state index in [4.69, 9.17) is 21.7 Å². The summed E-state index contributed by atoms with van der Waals surface area (Å²) < 4.78 is 27.5. The SMILES string of the molecule is O=C(Cc1ccccc1)NC(=S)Nc1ccc(Oc2ccnc3cc(-c4cccc(CNCCN5CCOCC5)c4)sc23)c(F)c1. The van der Waals surface area contributed by atoms with E-state index in [1.165, 1.54) is 17.7 Å². The van der Waals surface area contributed by atoms with Crippen LogP contribution >= 0.6 is 23.6 Å². The third kappa shape index (κ3) is 8.51. The minimum atomic E-state index is -0.570. The zero-order chi connectivity index (χ0) is 31.7. The number of halogens is 1. The van der Waals surface area contributed by atoms with Gasteiger partial charge in [-0.05, 0) is 53.2 Å². The maximum atomic E-state index is 15.2. The topological polar surface area (TPSA) is 87.8 Å². The molecule has 11 heteroatoms. The Morgan fingerprint density at radius 1 is 0.978 bits per heavy atom. The lowest BCUT2D eigenvalue weighted by molar-refractivity contribution is -0.119. The molecule has 46 heavy (non-hydrogen) atoms. The van der Waals surface area contributed by atoms with Gasteiger partial charge in [0.1, 0.15) is 5.75 Å². The molecule has 5 aromatic rings. The Kier molecular flexibility index (Phi) is 10.6. The molecule has 0 unspecified atom stereocenters. The van der Waals surface area contributed by atoms with Crippen molar-refractivity contribution in [1.29, 1.82) is 0 Å². The van der Waals surface area contributed by atoms with E-state index in [9.17, 15) is 4.79 Å². The molecule has 1 fully saturated rings. The molecule has 3 N–H and O–H groups in total. The number of pyridine rings is 1. The normalized spacial score (nSPS) is 13.4. The summed E-state index contributed by atoms with van der Waals surface area (Å²) >= 11 is 6.81. The molecule has 8 nitrogen and oxygen atoms in total. The Hall–Kier alpha value is -4.26. The molecule has 0 spiro atoms. The predicted octanol–water partition coefficient (Wildman–Crippen LogP) is 6.37. The van der Waals surface area contributed by atoms with E-state index >= 15 is 4.39 Å². The minimum absolute atomic E-state index is 0.0668. The second-order valence-corrected chi connectivity index (χ2v) is 12.3. The number of aromatic nitrogens is 1. The van der Waals surface area contributed by atoms with Crippen LogP contribution in [0.3, 0.4) is 0 Å². The Bertz CT molecular complexity index is 1810. The number of fused-ring (bicyclic) bond motifs is 1. The summed E-state index contributed by atoms with van der Waals surface area (Å²) in [4.78, 5) is 20.3. The molecule has 0 atom stereocenters. The summed E-state index contributed by atoms with van der Waals surface area (Å²) in [6.45, 7) is 6.31. The Labute approximate surface area is 276 Å². The minimum Gasteiger partial charge on any atom is -0.453 e. The first-order chi connectivity index (χ1) is 22.5. The van der Waals surface area contributed by atoms with Crippen molar-refractivity contribution in [3.63, 3.8) is 0 Å². The van der Waals surface area contributed by atoms with Crippen LogP contribution in [0.5, 0.6) is 11.5 Å². The maximum absolute atomic E-state index is 15.2. The molecule has 1 saturated heterocycles. The van der Waals surface area contributed by atoms with Crippen LogP contribution in [0.1, 0.15) is 11.1 Å². The molecule has 1 amide bonds. The molecule has 0 aliphatic carbocycles. The molecule has 1 aliphatic rings. The fourth-order valence-corrected chi connectivity index (χ4v) is 6.45. The van der Waals surface area contributed by atoms with Crippen LogP contribution in [0.2, 0.25) is 0 Å². The van der Waals surface area contributed by atoms with Crippen molar-refractivity contribution in [1.82, 2.24) is 20.5 Å². The zero-order valence-electron chi connectivity index (χ0n) is 25.1. The first-order valence-corrected chi connectivity index (χ1v) is 16.3. The number of carbonyl (C=O) groups excluding carboxylic acids is 1. The fraction of sp³-hybridized carbons (Fsp3) is 0.229. The van der Waals surface area contributed by atoms with Crippen LogP contribution in [-0.4, -0.2) is 60.3 Å². The molecule has 1 aliphatic heterocycles. The smallest absolute Gasteiger partial charge is 0.230 e. The number of hydrogen-bond donors (Lipinski definition) is 3. The molecule has 236 valence electrons. The van der Waals surface area contributed by atoms with Gasteiger partial charge in [0.2, 0.25) is 5.91 Å². The van der Waals surface area contributed by atoms with Gasteiger partial charge >= 0.3 is 0 Å². The first kappa shape index (κ1) is 31.7. The van der Waals surface area contributed by atoms with Crippen molar-refractivity contribution in [2.45, 2.75) is 13.0 Å². The van der Waals surface area contributed by atoms with E-state index in [2.05, 4.69) is 50.1 Å². The third-order valence-corrected chi connectivity index (χ3v) is 8.89. The summed E-state index contributed by atoms with van der Waals surface area (Å²) in [5.74, 6) is -0.245. The lowest BCUT2D eigenvalue weighted by atomic mass is 10.1. The van der Waals surface area contributed by atoms with E-state index in [1.807, 2.05) is 36.4 Å². The Balaban J connectivity index is 1.07. The number of hydrogen-bond acceptors (Lipinski definition) is 8. The molecular formula is C35H34FN5O3S2. The van der Waals surface area contributed by atoms with Crippen molar-refractivity contribution in [3.8, 4) is 21.9 Å². The molecule has 0 saturated carbocycles. The summed E-state index contributed by atoms with van der Waals surface area (Å²) in [6, 6.07) is 26.0. The summed E-state index contributed by atoms with van der Waals surface area (Å²) in [6.07, 6.45) is 1.85. The van der Waals surface area contributed by atoms with Crippen molar-refractivity contribution in [3.05, 3.63) is 108 Å². The average Bonchev–Trinajstić information content (AvgIpc) is 3.51. The molecule has 3 heterocycles. The van der Waals surface area contributed by atoms with Crippen LogP contribution in [0.25, 0.3) is 20.7 Å². The van der Waals surface area contributed by atoms with Gasteiger partial charge in [-0.25, -0.2) is 4.39 Å². The van der Waals surface area contributed by atoms with Crippen LogP contribution in [-0.2, 0) is 22.5 Å². The van der Waals surface area contributed by atoms with Gasteiger partial charge in [0.15, 0.2) is 16.7 Å². The number of rotatable bonds is 11. The third-order valence-electron chi connectivity index (χ3n) is 7.50. The molecule has 6 rings (SSSR count). The Morgan fingerprint density at radius 2 is 1.80 bits per heavy atom. The van der Waals surface area contributed by atoms with Gasteiger partial charge in [-0.1, -0.05) is 48.5 Å². The quantitative estimate of drug-likeness (QED) is 0.112. The molecule has 0 radical (unpaired) electrons. The van der Waals surface area contributed by atoms with Gasteiger partial charge in [-0.3, -0.25) is 14.7 Å². The van der Waals surface area contributed by atoms with Gasteiger partial charge in [-0.15, -0.1) is 11.3 Å². The monoisotopic (exact) mass is 655 g/mol. The van der Waals surface area contributed by atoms with Crippen LogP contribution in [0.15, 0.2) is 91.1 Å². The van der Waals surface area contributed by atoms with Crippen LogP contribution in [0, 0.1) is 5.82 Å². The molecule has 2 aromatic heterocycles. The highest BCUT2D eigenvalue weighted by atomic mass is 32.1. The van der Waals surface area contributed by atoms with Gasteiger partial charge in [-0.2, -0.15) is 0 Å². The number of thiophene rings is 1. The van der Waals surface area contributed by atoms with E-state index in [0.29, 0.717) is 11.4 Å². The molecule has 3 aromatic carbocycles. The second kappa shape index (κ2) is 15.4. The van der Waals surface area contributed by atoms with Crippen molar-refractivity contribution >= 4 is 50.5 Å². The number of benzene rings is 3. The largest absolute Gasteiger partial charge is 0.453 e. The van der Waals surface area contributed by atoms with Crippen molar-refractivity contribution in [2.75, 3.05) is 44.7 Å². The van der Waals surface area contributed by atoms with E-state index in [0.717, 1.165) is 72.2 Å². The number of anilines is 1. The molecular weight excluding hydrogens is 622 g/mol. The number of thiocarbonyl (C=S) groups is 1. The van der Waals surface area contributed by atoms with E-state index < -0.39 is 5.82 Å². The molecule has 0 bridgehead atoms. The number of nitrogens with zero attached hydrogens (tertiary/aromatic N) is 2. The highest BCUT2D eigenvalue weighted by Gasteiger charge is 2.15. The number of morpholine rings is 1. The van der Waals surface area contributed by atoms with Gasteiger partial charge in [0, 0.05) is 61.6 Å². The van der Waals surface area contributed by atoms with Gasteiger partial charge in [0.25, 0.3) is 0 Å². The zero-order valence-corrected chi connectivity index (χ0v) is 26.8. The number of amides is 1. The number of carbonyl (C=O) groups is 1. The van der Waals surface area contributed by atoms with Crippen LogP contribution < -0.4 is 20.7 Å². The van der Waals surface area contributed by atoms with Gasteiger partial charge in [0.05, 0.1) is 29.9 Å². The van der Waals surface area contributed by atoms with Crippen molar-refractivity contribution < 1.29 is 18.7 Å². The highest BCUT2D eigenvalue weighted by molar-refractivity contribution is 7.80.